The first-order chi connectivity index (χ1) is 22.1. The number of hydrogen-bond acceptors (Lipinski definition) is 2. The van der Waals surface area contributed by atoms with Crippen molar-refractivity contribution in [2.45, 2.75) is 189 Å². The van der Waals surface area contributed by atoms with Gasteiger partial charge in [0.2, 0.25) is 0 Å². The van der Waals surface area contributed by atoms with Gasteiger partial charge in [0.25, 0.3) is 0 Å². The standard InChI is InChI=1S/C44H74O2/c1-8-9-10-11-12-13-14-15-16-17-18-19-20-21-42(45)46-37-28-30-43(6)36(32-37)24-25-38-40-27-26-39(44(40,7)31-29-41(38)43)35(5)23-22-34(4)33(2)3/h13-14,25,33,35-37,39-41H,4,8-12,15-24,26-32H2,1-3,5-7H3. The molecule has 0 aromatic heterocycles. The summed E-state index contributed by atoms with van der Waals surface area (Å²) in [6.07, 6.45) is 34.7. The molecule has 0 aromatic carbocycles. The first kappa shape index (κ1) is 37.5. The summed E-state index contributed by atoms with van der Waals surface area (Å²) < 4.78 is 6.13. The maximum atomic E-state index is 12.8. The van der Waals surface area contributed by atoms with Gasteiger partial charge >= 0.3 is 5.97 Å². The molecule has 0 radical (unpaired) electrons. The third-order valence-electron chi connectivity index (χ3n) is 14.0. The molecular formula is C44H74O2. The molecule has 8 atom stereocenters. The van der Waals surface area contributed by atoms with E-state index in [9.17, 15) is 4.79 Å². The van der Waals surface area contributed by atoms with Gasteiger partial charge in [-0.25, -0.2) is 0 Å². The highest BCUT2D eigenvalue weighted by Crippen LogP contribution is 2.67. The second-order valence-electron chi connectivity index (χ2n) is 17.3. The lowest BCUT2D eigenvalue weighted by Crippen LogP contribution is -2.50. The molecule has 0 saturated heterocycles. The molecule has 0 bridgehead atoms. The van der Waals surface area contributed by atoms with E-state index >= 15 is 0 Å². The number of rotatable bonds is 19. The highest BCUT2D eigenvalue weighted by atomic mass is 16.5. The average molecular weight is 635 g/mol. The number of carbonyl (C=O) groups excluding carboxylic acids is 1. The molecule has 2 heteroatoms. The Morgan fingerprint density at radius 2 is 1.52 bits per heavy atom. The van der Waals surface area contributed by atoms with Gasteiger partial charge in [-0.05, 0) is 143 Å². The fraction of sp³-hybridized carbons (Fsp3) is 0.841. The third-order valence-corrected chi connectivity index (χ3v) is 14.0. The van der Waals surface area contributed by atoms with Crippen LogP contribution in [0, 0.1) is 46.3 Å². The first-order valence-corrected chi connectivity index (χ1v) is 20.3. The van der Waals surface area contributed by atoms with Crippen LogP contribution in [0.15, 0.2) is 36.0 Å². The van der Waals surface area contributed by atoms with Gasteiger partial charge in [-0.3, -0.25) is 4.79 Å². The summed E-state index contributed by atoms with van der Waals surface area (Å²) >= 11 is 0. The predicted octanol–water partition coefficient (Wildman–Crippen LogP) is 13.4. The molecule has 4 aliphatic rings. The summed E-state index contributed by atoms with van der Waals surface area (Å²) in [6, 6.07) is 0. The summed E-state index contributed by atoms with van der Waals surface area (Å²) in [5, 5.41) is 0. The number of fused-ring (bicyclic) bond motifs is 5. The van der Waals surface area contributed by atoms with E-state index in [1.54, 1.807) is 0 Å². The molecule has 0 N–H and O–H groups in total. The van der Waals surface area contributed by atoms with E-state index in [0.717, 1.165) is 49.4 Å². The van der Waals surface area contributed by atoms with Gasteiger partial charge in [0, 0.05) is 6.42 Å². The normalized spacial score (nSPS) is 32.9. The molecule has 0 aromatic rings. The van der Waals surface area contributed by atoms with Crippen molar-refractivity contribution in [2.24, 2.45) is 46.3 Å². The Hall–Kier alpha value is -1.31. The second kappa shape index (κ2) is 17.9. The van der Waals surface area contributed by atoms with E-state index in [1.165, 1.54) is 115 Å². The van der Waals surface area contributed by atoms with Crippen LogP contribution in [0.2, 0.25) is 0 Å². The fourth-order valence-electron chi connectivity index (χ4n) is 10.7. The summed E-state index contributed by atoms with van der Waals surface area (Å²) in [6.45, 7) is 19.1. The molecule has 4 aliphatic carbocycles. The van der Waals surface area contributed by atoms with Crippen LogP contribution < -0.4 is 0 Å². The molecule has 0 spiro atoms. The molecular weight excluding hydrogens is 560 g/mol. The third kappa shape index (κ3) is 9.43. The molecule has 3 saturated carbocycles. The quantitative estimate of drug-likeness (QED) is 0.0802. The van der Waals surface area contributed by atoms with E-state index in [1.807, 2.05) is 5.57 Å². The highest BCUT2D eigenvalue weighted by Gasteiger charge is 2.58. The van der Waals surface area contributed by atoms with Crippen molar-refractivity contribution >= 4 is 5.97 Å². The van der Waals surface area contributed by atoms with Crippen LogP contribution in [0.25, 0.3) is 0 Å². The van der Waals surface area contributed by atoms with Gasteiger partial charge in [-0.15, -0.1) is 0 Å². The number of esters is 1. The summed E-state index contributed by atoms with van der Waals surface area (Å²) in [5.74, 6) is 4.51. The Balaban J connectivity index is 1.17. The first-order valence-electron chi connectivity index (χ1n) is 20.3. The molecule has 3 fully saturated rings. The lowest BCUT2D eigenvalue weighted by atomic mass is 9.47. The maximum Gasteiger partial charge on any atom is 0.306 e. The molecule has 0 amide bonds. The molecule has 262 valence electrons. The van der Waals surface area contributed by atoms with Gasteiger partial charge in [0.1, 0.15) is 6.10 Å². The molecule has 4 rings (SSSR count). The van der Waals surface area contributed by atoms with Gasteiger partial charge in [0.15, 0.2) is 0 Å². The maximum absolute atomic E-state index is 12.8. The Kier molecular flexibility index (Phi) is 14.6. The van der Waals surface area contributed by atoms with Crippen molar-refractivity contribution in [2.75, 3.05) is 0 Å². The zero-order valence-corrected chi connectivity index (χ0v) is 31.4. The number of carbonyl (C=O) groups is 1. The second-order valence-corrected chi connectivity index (χ2v) is 17.3. The summed E-state index contributed by atoms with van der Waals surface area (Å²) in [4.78, 5) is 12.8. The largest absolute Gasteiger partial charge is 0.462 e. The topological polar surface area (TPSA) is 26.3 Å². The lowest BCUT2D eigenvalue weighted by Gasteiger charge is -2.58. The smallest absolute Gasteiger partial charge is 0.306 e. The fourth-order valence-corrected chi connectivity index (χ4v) is 10.7. The van der Waals surface area contributed by atoms with E-state index in [4.69, 9.17) is 4.74 Å². The molecule has 46 heavy (non-hydrogen) atoms. The van der Waals surface area contributed by atoms with E-state index in [-0.39, 0.29) is 12.1 Å². The van der Waals surface area contributed by atoms with Gasteiger partial charge in [-0.1, -0.05) is 116 Å². The minimum absolute atomic E-state index is 0.0585. The van der Waals surface area contributed by atoms with Gasteiger partial charge in [0.05, 0.1) is 0 Å². The van der Waals surface area contributed by atoms with Crippen molar-refractivity contribution in [3.8, 4) is 0 Å². The number of hydrogen-bond donors (Lipinski definition) is 0. The summed E-state index contributed by atoms with van der Waals surface area (Å²) in [5.41, 5.74) is 4.14. The SMILES string of the molecule is C=C(CCC(C)C1CCC2C3=CCC4CC(OC(=O)CCCCCCCC=CCCCCCC)CCC4(C)C3CCC21C)C(C)C. The van der Waals surface area contributed by atoms with Crippen molar-refractivity contribution < 1.29 is 9.53 Å². The van der Waals surface area contributed by atoms with E-state index in [2.05, 4.69) is 66.3 Å². The van der Waals surface area contributed by atoms with Crippen molar-refractivity contribution in [3.05, 3.63) is 36.0 Å². The minimum Gasteiger partial charge on any atom is -0.462 e. The van der Waals surface area contributed by atoms with Crippen LogP contribution >= 0.6 is 0 Å². The monoisotopic (exact) mass is 635 g/mol. The minimum atomic E-state index is 0.0585. The summed E-state index contributed by atoms with van der Waals surface area (Å²) in [7, 11) is 0. The Bertz CT molecular complexity index is 1020. The average Bonchev–Trinajstić information content (AvgIpc) is 3.39. The highest BCUT2D eigenvalue weighted by molar-refractivity contribution is 5.69. The predicted molar refractivity (Wildman–Crippen MR) is 198 cm³/mol. The molecule has 2 nitrogen and oxygen atoms in total. The van der Waals surface area contributed by atoms with Crippen LogP contribution in [-0.2, 0) is 9.53 Å². The van der Waals surface area contributed by atoms with Crippen molar-refractivity contribution in [1.29, 1.82) is 0 Å². The number of ether oxygens (including phenoxy) is 1. The van der Waals surface area contributed by atoms with E-state index < -0.39 is 0 Å². The number of unbranched alkanes of at least 4 members (excludes halogenated alkanes) is 9. The van der Waals surface area contributed by atoms with Crippen LogP contribution in [0.5, 0.6) is 0 Å². The zero-order valence-electron chi connectivity index (χ0n) is 31.4. The van der Waals surface area contributed by atoms with Gasteiger partial charge in [-0.2, -0.15) is 0 Å². The van der Waals surface area contributed by atoms with Crippen molar-refractivity contribution in [1.82, 2.24) is 0 Å². The van der Waals surface area contributed by atoms with Crippen LogP contribution in [0.1, 0.15) is 183 Å². The molecule has 0 heterocycles. The zero-order chi connectivity index (χ0) is 33.2. The van der Waals surface area contributed by atoms with Crippen LogP contribution in [-0.4, -0.2) is 12.1 Å². The lowest BCUT2D eigenvalue weighted by molar-refractivity contribution is -0.155. The van der Waals surface area contributed by atoms with Crippen LogP contribution in [0.4, 0.5) is 0 Å². The van der Waals surface area contributed by atoms with Crippen molar-refractivity contribution in [3.63, 3.8) is 0 Å². The Labute approximate surface area is 286 Å². The van der Waals surface area contributed by atoms with E-state index in [0.29, 0.717) is 29.1 Å². The molecule has 8 unspecified atom stereocenters. The van der Waals surface area contributed by atoms with Gasteiger partial charge < -0.3 is 4.74 Å². The van der Waals surface area contributed by atoms with Crippen LogP contribution in [0.3, 0.4) is 0 Å². The Morgan fingerprint density at radius 1 is 0.870 bits per heavy atom. The Morgan fingerprint density at radius 3 is 2.24 bits per heavy atom. The number of allylic oxidation sites excluding steroid dienone is 5. The molecule has 0 aliphatic heterocycles.